The number of H-pyrrole nitrogens is 1. The van der Waals surface area contributed by atoms with Gasteiger partial charge in [-0.25, -0.2) is 0 Å². The summed E-state index contributed by atoms with van der Waals surface area (Å²) in [6, 6.07) is 14.5. The normalized spacial score (nSPS) is 10.7. The summed E-state index contributed by atoms with van der Waals surface area (Å²) in [5.41, 5.74) is 1.32. The largest absolute Gasteiger partial charge is 0.497 e. The van der Waals surface area contributed by atoms with Crippen molar-refractivity contribution in [2.75, 3.05) is 7.11 Å². The van der Waals surface area contributed by atoms with Crippen molar-refractivity contribution in [3.05, 3.63) is 63.7 Å². The number of aromatic amines is 1. The molecule has 1 aromatic heterocycles. The summed E-state index contributed by atoms with van der Waals surface area (Å²) in [6.07, 6.45) is 0. The maximum Gasteiger partial charge on any atom is 0.266 e. The highest BCUT2D eigenvalue weighted by Gasteiger charge is 2.07. The van der Waals surface area contributed by atoms with E-state index in [-0.39, 0.29) is 5.56 Å². The molecule has 5 heteroatoms. The van der Waals surface area contributed by atoms with Gasteiger partial charge in [-0.3, -0.25) is 9.36 Å². The number of fused-ring (bicyclic) bond motifs is 1. The van der Waals surface area contributed by atoms with Gasteiger partial charge in [-0.05, 0) is 48.6 Å². The number of para-hydroxylation sites is 1. The van der Waals surface area contributed by atoms with Crippen molar-refractivity contribution in [3.63, 3.8) is 0 Å². The molecule has 0 aliphatic heterocycles. The van der Waals surface area contributed by atoms with Gasteiger partial charge in [0.05, 0.1) is 23.7 Å². The molecule has 0 amide bonds. The fraction of sp³-hybridized carbons (Fsp3) is 0.0667. The van der Waals surface area contributed by atoms with E-state index in [4.69, 9.17) is 17.0 Å². The summed E-state index contributed by atoms with van der Waals surface area (Å²) in [4.78, 5) is 15.6. The number of nitrogens with one attached hydrogen (secondary N) is 1. The maximum atomic E-state index is 12.5. The predicted octanol–water partition coefficient (Wildman–Crippen LogP) is 3.06. The van der Waals surface area contributed by atoms with Crippen LogP contribution in [0.4, 0.5) is 0 Å². The van der Waals surface area contributed by atoms with Gasteiger partial charge in [-0.2, -0.15) is 0 Å². The topological polar surface area (TPSA) is 47.0 Å². The second kappa shape index (κ2) is 4.94. The number of hydrogen-bond donors (Lipinski definition) is 1. The van der Waals surface area contributed by atoms with E-state index in [1.54, 1.807) is 37.4 Å². The highest BCUT2D eigenvalue weighted by molar-refractivity contribution is 7.71. The lowest BCUT2D eigenvalue weighted by Gasteiger charge is -2.08. The molecule has 0 radical (unpaired) electrons. The summed E-state index contributed by atoms with van der Waals surface area (Å²) in [5.74, 6) is 0.734. The number of ether oxygens (including phenoxy) is 1. The van der Waals surface area contributed by atoms with Crippen LogP contribution in [-0.4, -0.2) is 16.7 Å². The Morgan fingerprint density at radius 1 is 1.10 bits per heavy atom. The summed E-state index contributed by atoms with van der Waals surface area (Å²) >= 11 is 5.29. The van der Waals surface area contributed by atoms with Gasteiger partial charge in [0.25, 0.3) is 5.56 Å². The molecule has 3 aromatic rings. The second-order valence-electron chi connectivity index (χ2n) is 4.31. The maximum absolute atomic E-state index is 12.5. The Bertz CT molecular complexity index is 879. The first-order chi connectivity index (χ1) is 9.70. The Balaban J connectivity index is 2.30. The van der Waals surface area contributed by atoms with Crippen LogP contribution < -0.4 is 10.3 Å². The van der Waals surface area contributed by atoms with Gasteiger partial charge in [0.15, 0.2) is 4.77 Å². The van der Waals surface area contributed by atoms with E-state index < -0.39 is 0 Å². The average molecular weight is 284 g/mol. The Morgan fingerprint density at radius 3 is 2.50 bits per heavy atom. The molecule has 0 saturated heterocycles. The van der Waals surface area contributed by atoms with Crippen molar-refractivity contribution in [3.8, 4) is 11.4 Å². The van der Waals surface area contributed by atoms with E-state index in [0.29, 0.717) is 15.8 Å². The van der Waals surface area contributed by atoms with E-state index in [1.807, 2.05) is 18.2 Å². The minimum absolute atomic E-state index is 0.130. The van der Waals surface area contributed by atoms with Crippen molar-refractivity contribution in [2.45, 2.75) is 0 Å². The van der Waals surface area contributed by atoms with Crippen LogP contribution in [0.3, 0.4) is 0 Å². The van der Waals surface area contributed by atoms with Crippen LogP contribution in [0.1, 0.15) is 0 Å². The molecule has 3 rings (SSSR count). The first-order valence-electron chi connectivity index (χ1n) is 6.09. The van der Waals surface area contributed by atoms with Gasteiger partial charge in [0.2, 0.25) is 0 Å². The summed E-state index contributed by atoms with van der Waals surface area (Å²) in [5, 5.41) is 0.608. The van der Waals surface area contributed by atoms with E-state index >= 15 is 0 Å². The second-order valence-corrected chi connectivity index (χ2v) is 4.70. The molecule has 2 aromatic carbocycles. The molecule has 0 aliphatic carbocycles. The minimum Gasteiger partial charge on any atom is -0.497 e. The molecule has 0 unspecified atom stereocenters. The van der Waals surface area contributed by atoms with Crippen LogP contribution in [0, 0.1) is 4.77 Å². The standard InChI is InChI=1S/C15H12N2O2S/c1-19-11-8-6-10(7-9-11)17-14(18)12-4-2-3-5-13(12)16-15(17)20/h2-9H,1H3,(H,16,20). The van der Waals surface area contributed by atoms with E-state index in [9.17, 15) is 4.79 Å². The lowest BCUT2D eigenvalue weighted by atomic mass is 10.2. The molecule has 0 spiro atoms. The highest BCUT2D eigenvalue weighted by Crippen LogP contribution is 2.15. The van der Waals surface area contributed by atoms with Crippen LogP contribution in [0.2, 0.25) is 0 Å². The molecule has 1 heterocycles. The van der Waals surface area contributed by atoms with Gasteiger partial charge >= 0.3 is 0 Å². The van der Waals surface area contributed by atoms with Gasteiger partial charge in [-0.1, -0.05) is 12.1 Å². The Hall–Kier alpha value is -2.40. The smallest absolute Gasteiger partial charge is 0.266 e. The van der Waals surface area contributed by atoms with Crippen LogP contribution in [0.15, 0.2) is 53.3 Å². The number of benzene rings is 2. The zero-order chi connectivity index (χ0) is 14.1. The zero-order valence-electron chi connectivity index (χ0n) is 10.8. The van der Waals surface area contributed by atoms with Crippen LogP contribution in [0.5, 0.6) is 5.75 Å². The van der Waals surface area contributed by atoms with Gasteiger partial charge < -0.3 is 9.72 Å². The fourth-order valence-corrected chi connectivity index (χ4v) is 2.43. The molecule has 0 fully saturated rings. The lowest BCUT2D eigenvalue weighted by molar-refractivity contribution is 0.414. The summed E-state index contributed by atoms with van der Waals surface area (Å²) in [6.45, 7) is 0. The monoisotopic (exact) mass is 284 g/mol. The first kappa shape index (κ1) is 12.6. The third kappa shape index (κ3) is 2.02. The van der Waals surface area contributed by atoms with Crippen LogP contribution >= 0.6 is 12.2 Å². The molecular weight excluding hydrogens is 272 g/mol. The molecule has 1 N–H and O–H groups in total. The van der Waals surface area contributed by atoms with Crippen molar-refractivity contribution in [2.24, 2.45) is 0 Å². The summed E-state index contributed by atoms with van der Waals surface area (Å²) in [7, 11) is 1.60. The van der Waals surface area contributed by atoms with E-state index in [2.05, 4.69) is 4.98 Å². The SMILES string of the molecule is COc1ccc(-n2c(=S)[nH]c3ccccc3c2=O)cc1. The minimum atomic E-state index is -0.130. The lowest BCUT2D eigenvalue weighted by Crippen LogP contribution is -2.20. The Labute approximate surface area is 120 Å². The third-order valence-corrected chi connectivity index (χ3v) is 3.42. The van der Waals surface area contributed by atoms with Crippen molar-refractivity contribution in [1.82, 2.24) is 9.55 Å². The molecule has 100 valence electrons. The highest BCUT2D eigenvalue weighted by atomic mass is 32.1. The quantitative estimate of drug-likeness (QED) is 0.736. The molecule has 20 heavy (non-hydrogen) atoms. The zero-order valence-corrected chi connectivity index (χ0v) is 11.6. The molecule has 4 nitrogen and oxygen atoms in total. The number of aromatic nitrogens is 2. The number of hydrogen-bond acceptors (Lipinski definition) is 3. The van der Waals surface area contributed by atoms with Gasteiger partial charge in [0.1, 0.15) is 5.75 Å². The van der Waals surface area contributed by atoms with E-state index in [0.717, 1.165) is 11.3 Å². The first-order valence-corrected chi connectivity index (χ1v) is 6.50. The van der Waals surface area contributed by atoms with Crippen molar-refractivity contribution < 1.29 is 4.74 Å². The van der Waals surface area contributed by atoms with Crippen LogP contribution in [0.25, 0.3) is 16.6 Å². The average Bonchev–Trinajstić information content (AvgIpc) is 2.48. The Morgan fingerprint density at radius 2 is 1.80 bits per heavy atom. The molecule has 0 aliphatic rings. The van der Waals surface area contributed by atoms with Gasteiger partial charge in [-0.15, -0.1) is 0 Å². The molecule has 0 atom stereocenters. The number of methoxy groups -OCH3 is 1. The van der Waals surface area contributed by atoms with Crippen molar-refractivity contribution in [1.29, 1.82) is 0 Å². The van der Waals surface area contributed by atoms with Crippen molar-refractivity contribution >= 4 is 23.1 Å². The van der Waals surface area contributed by atoms with Gasteiger partial charge in [0, 0.05) is 0 Å². The Kier molecular flexibility index (Phi) is 3.12. The molecular formula is C15H12N2O2S. The molecule has 0 saturated carbocycles. The van der Waals surface area contributed by atoms with Crippen LogP contribution in [-0.2, 0) is 0 Å². The third-order valence-electron chi connectivity index (χ3n) is 3.14. The fourth-order valence-electron chi connectivity index (χ4n) is 2.13. The summed E-state index contributed by atoms with van der Waals surface area (Å²) < 4.78 is 6.97. The molecule has 0 bridgehead atoms. The number of rotatable bonds is 2. The number of nitrogens with zero attached hydrogens (tertiary/aromatic N) is 1. The van der Waals surface area contributed by atoms with E-state index in [1.165, 1.54) is 4.57 Å². The predicted molar refractivity (Wildman–Crippen MR) is 81.3 cm³/mol.